The van der Waals surface area contributed by atoms with Gasteiger partial charge in [-0.3, -0.25) is 0 Å². The van der Waals surface area contributed by atoms with Gasteiger partial charge in [0, 0.05) is 12.3 Å². The van der Waals surface area contributed by atoms with Crippen LogP contribution in [-0.2, 0) is 6.42 Å². The summed E-state index contributed by atoms with van der Waals surface area (Å²) < 4.78 is 40.3. The molecule has 0 amide bonds. The fourth-order valence-corrected chi connectivity index (χ4v) is 3.71. The number of hydrogen-bond acceptors (Lipinski definition) is 2. The fraction of sp³-hybridized carbons (Fsp3) is 0.259. The number of para-hydroxylation sites is 1. The van der Waals surface area contributed by atoms with Crippen molar-refractivity contribution in [1.29, 1.82) is 0 Å². The van der Waals surface area contributed by atoms with Crippen LogP contribution in [0, 0.1) is 11.7 Å². The van der Waals surface area contributed by atoms with E-state index in [2.05, 4.69) is 0 Å². The van der Waals surface area contributed by atoms with Gasteiger partial charge in [0.15, 0.2) is 11.6 Å². The van der Waals surface area contributed by atoms with Gasteiger partial charge in [0.2, 0.25) is 0 Å². The van der Waals surface area contributed by atoms with Gasteiger partial charge in [-0.05, 0) is 79.3 Å². The third-order valence-corrected chi connectivity index (χ3v) is 5.41. The van der Waals surface area contributed by atoms with Gasteiger partial charge in [-0.15, -0.1) is 0 Å². The first-order chi connectivity index (χ1) is 15.1. The lowest BCUT2D eigenvalue weighted by Gasteiger charge is -2.14. The van der Waals surface area contributed by atoms with Crippen LogP contribution in [0.15, 0.2) is 84.7 Å². The third kappa shape index (κ3) is 5.72. The average Bonchev–Trinajstić information content (AvgIpc) is 3.61. The van der Waals surface area contributed by atoms with Crippen molar-refractivity contribution in [3.63, 3.8) is 0 Å². The second kappa shape index (κ2) is 9.78. The smallest absolute Gasteiger partial charge is 0.165 e. The van der Waals surface area contributed by atoms with Crippen LogP contribution in [0.1, 0.15) is 36.8 Å². The molecule has 0 radical (unpaired) electrons. The number of rotatable bonds is 9. The normalized spacial score (nSPS) is 14.9. The molecule has 0 aromatic heterocycles. The Labute approximate surface area is 182 Å². The molecule has 1 fully saturated rings. The minimum Gasteiger partial charge on any atom is -0.494 e. The first-order valence-corrected chi connectivity index (χ1v) is 10.7. The molecule has 1 aliphatic rings. The Morgan fingerprint density at radius 2 is 1.74 bits per heavy atom. The van der Waals surface area contributed by atoms with Crippen molar-refractivity contribution in [2.45, 2.75) is 32.1 Å². The SMILES string of the molecule is CCOc1ccc(C(/C=C(\F)Cc2ccc(F)c(Oc3ccccc3)c2)C2CC2)cc1. The zero-order chi connectivity index (χ0) is 21.6. The zero-order valence-corrected chi connectivity index (χ0v) is 17.6. The second-order valence-electron chi connectivity index (χ2n) is 7.84. The van der Waals surface area contributed by atoms with Gasteiger partial charge in [-0.1, -0.05) is 36.4 Å². The van der Waals surface area contributed by atoms with Gasteiger partial charge >= 0.3 is 0 Å². The molecular formula is C27H26F2O2. The van der Waals surface area contributed by atoms with Crippen molar-refractivity contribution in [1.82, 2.24) is 0 Å². The van der Waals surface area contributed by atoms with Crippen LogP contribution >= 0.6 is 0 Å². The van der Waals surface area contributed by atoms with Gasteiger partial charge in [-0.2, -0.15) is 0 Å². The molecule has 0 saturated heterocycles. The van der Waals surface area contributed by atoms with E-state index in [9.17, 15) is 8.78 Å². The molecule has 1 atom stereocenters. The van der Waals surface area contributed by atoms with E-state index < -0.39 is 5.82 Å². The van der Waals surface area contributed by atoms with E-state index in [0.29, 0.717) is 23.8 Å². The Hall–Kier alpha value is -3.14. The highest BCUT2D eigenvalue weighted by Gasteiger charge is 2.31. The van der Waals surface area contributed by atoms with Crippen molar-refractivity contribution in [3.8, 4) is 17.2 Å². The molecule has 1 aliphatic carbocycles. The molecule has 31 heavy (non-hydrogen) atoms. The molecule has 1 unspecified atom stereocenters. The summed E-state index contributed by atoms with van der Waals surface area (Å²) in [4.78, 5) is 0. The molecule has 0 aliphatic heterocycles. The van der Waals surface area contributed by atoms with Crippen LogP contribution in [0.2, 0.25) is 0 Å². The first kappa shape index (κ1) is 21.1. The Morgan fingerprint density at radius 1 is 1.00 bits per heavy atom. The highest BCUT2D eigenvalue weighted by atomic mass is 19.1. The van der Waals surface area contributed by atoms with Gasteiger partial charge in [-0.25, -0.2) is 8.78 Å². The van der Waals surface area contributed by atoms with Crippen molar-refractivity contribution in [3.05, 3.63) is 102 Å². The van der Waals surface area contributed by atoms with E-state index in [-0.39, 0.29) is 23.9 Å². The van der Waals surface area contributed by atoms with E-state index in [4.69, 9.17) is 9.47 Å². The van der Waals surface area contributed by atoms with Gasteiger partial charge < -0.3 is 9.47 Å². The molecule has 0 N–H and O–H groups in total. The molecule has 4 rings (SSSR count). The second-order valence-corrected chi connectivity index (χ2v) is 7.84. The number of allylic oxidation sites excluding steroid dienone is 2. The van der Waals surface area contributed by atoms with E-state index in [1.54, 1.807) is 30.3 Å². The highest BCUT2D eigenvalue weighted by Crippen LogP contribution is 2.44. The topological polar surface area (TPSA) is 18.5 Å². The maximum absolute atomic E-state index is 15.0. The van der Waals surface area contributed by atoms with Crippen LogP contribution in [0.5, 0.6) is 17.2 Å². The largest absolute Gasteiger partial charge is 0.494 e. The molecule has 2 nitrogen and oxygen atoms in total. The Morgan fingerprint density at radius 3 is 2.42 bits per heavy atom. The molecular weight excluding hydrogens is 394 g/mol. The molecule has 0 spiro atoms. The number of hydrogen-bond donors (Lipinski definition) is 0. The number of halogens is 2. The summed E-state index contributed by atoms with van der Waals surface area (Å²) in [6, 6.07) is 21.4. The third-order valence-electron chi connectivity index (χ3n) is 5.41. The molecule has 4 heteroatoms. The lowest BCUT2D eigenvalue weighted by atomic mass is 9.92. The summed E-state index contributed by atoms with van der Waals surface area (Å²) in [5.74, 6) is 1.28. The van der Waals surface area contributed by atoms with Crippen LogP contribution in [0.3, 0.4) is 0 Å². The summed E-state index contributed by atoms with van der Waals surface area (Å²) in [7, 11) is 0. The van der Waals surface area contributed by atoms with Crippen molar-refractivity contribution >= 4 is 0 Å². The predicted octanol–water partition coefficient (Wildman–Crippen LogP) is 7.61. The maximum atomic E-state index is 15.0. The predicted molar refractivity (Wildman–Crippen MR) is 119 cm³/mol. The Kier molecular flexibility index (Phi) is 6.66. The Balaban J connectivity index is 1.49. The Bertz CT molecular complexity index is 1020. The summed E-state index contributed by atoms with van der Waals surface area (Å²) in [6.45, 7) is 2.57. The molecule has 1 saturated carbocycles. The first-order valence-electron chi connectivity index (χ1n) is 10.7. The van der Waals surface area contributed by atoms with Gasteiger partial charge in [0.05, 0.1) is 6.61 Å². The van der Waals surface area contributed by atoms with Crippen LogP contribution < -0.4 is 9.47 Å². The lowest BCUT2D eigenvalue weighted by Crippen LogP contribution is -2.00. The van der Waals surface area contributed by atoms with Gasteiger partial charge in [0.25, 0.3) is 0 Å². The summed E-state index contributed by atoms with van der Waals surface area (Å²) in [5.41, 5.74) is 1.76. The molecule has 160 valence electrons. The molecule has 0 bridgehead atoms. The van der Waals surface area contributed by atoms with E-state index in [1.807, 2.05) is 49.4 Å². The van der Waals surface area contributed by atoms with E-state index >= 15 is 0 Å². The monoisotopic (exact) mass is 420 g/mol. The standard InChI is InChI=1S/C27H26F2O2/c1-2-30-23-13-11-21(12-14-23)25(20-9-10-20)18-22(28)16-19-8-15-26(29)27(17-19)31-24-6-4-3-5-7-24/h3-8,11-15,17-18,20,25H,2,9-10,16H2,1H3/b22-18-. The van der Waals surface area contributed by atoms with E-state index in [0.717, 1.165) is 24.2 Å². The van der Waals surface area contributed by atoms with Gasteiger partial charge in [0.1, 0.15) is 17.3 Å². The zero-order valence-electron chi connectivity index (χ0n) is 17.6. The fourth-order valence-electron chi connectivity index (χ4n) is 3.71. The quantitative estimate of drug-likeness (QED) is 0.355. The lowest BCUT2D eigenvalue weighted by molar-refractivity contribution is 0.340. The maximum Gasteiger partial charge on any atom is 0.165 e. The van der Waals surface area contributed by atoms with Crippen LogP contribution in [-0.4, -0.2) is 6.61 Å². The minimum absolute atomic E-state index is 0.0381. The summed E-state index contributed by atoms with van der Waals surface area (Å²) in [5, 5.41) is 0. The van der Waals surface area contributed by atoms with Crippen molar-refractivity contribution < 1.29 is 18.3 Å². The number of ether oxygens (including phenoxy) is 2. The van der Waals surface area contributed by atoms with E-state index in [1.165, 1.54) is 6.07 Å². The van der Waals surface area contributed by atoms with Crippen molar-refractivity contribution in [2.24, 2.45) is 5.92 Å². The molecule has 3 aromatic rings. The summed E-state index contributed by atoms with van der Waals surface area (Å²) >= 11 is 0. The minimum atomic E-state index is -0.470. The summed E-state index contributed by atoms with van der Waals surface area (Å²) in [6.07, 6.45) is 4.03. The van der Waals surface area contributed by atoms with Crippen molar-refractivity contribution in [2.75, 3.05) is 6.61 Å². The van der Waals surface area contributed by atoms with Crippen LogP contribution in [0.25, 0.3) is 0 Å². The molecule has 3 aromatic carbocycles. The average molecular weight is 420 g/mol. The highest BCUT2D eigenvalue weighted by molar-refractivity contribution is 5.37. The molecule has 0 heterocycles. The van der Waals surface area contributed by atoms with Crippen LogP contribution in [0.4, 0.5) is 8.78 Å². The number of benzene rings is 3.